The van der Waals surface area contributed by atoms with Gasteiger partial charge in [0.1, 0.15) is 17.0 Å². The fourth-order valence-electron chi connectivity index (χ4n) is 3.07. The molecule has 0 saturated heterocycles. The van der Waals surface area contributed by atoms with E-state index in [1.54, 1.807) is 17.0 Å². The maximum Gasteiger partial charge on any atom is 0.414 e. The van der Waals surface area contributed by atoms with Crippen LogP contribution in [0.3, 0.4) is 0 Å². The third-order valence-corrected chi connectivity index (χ3v) is 4.96. The number of nitrogens with zero attached hydrogens (tertiary/aromatic N) is 2. The summed E-state index contributed by atoms with van der Waals surface area (Å²) in [6.45, 7) is 5.99. The van der Waals surface area contributed by atoms with Gasteiger partial charge in [-0.25, -0.2) is 4.79 Å². The molecule has 1 aliphatic rings. The Hall–Kier alpha value is -2.81. The number of hydrogen-bond donors (Lipinski definition) is 1. The summed E-state index contributed by atoms with van der Waals surface area (Å²) in [5.74, 6) is 0.368. The summed E-state index contributed by atoms with van der Waals surface area (Å²) in [6.07, 6.45) is 0.315. The summed E-state index contributed by atoms with van der Waals surface area (Å²) in [5, 5.41) is 14.6. The number of amides is 1. The van der Waals surface area contributed by atoms with Crippen molar-refractivity contribution in [3.63, 3.8) is 0 Å². The molecule has 1 N–H and O–H groups in total. The van der Waals surface area contributed by atoms with Gasteiger partial charge in [0.2, 0.25) is 0 Å². The largest absolute Gasteiger partial charge is 0.495 e. The number of nitro benzene ring substituents is 1. The van der Waals surface area contributed by atoms with Crippen LogP contribution in [0.4, 0.5) is 27.5 Å². The van der Waals surface area contributed by atoms with Crippen LogP contribution in [0.5, 0.6) is 5.75 Å². The highest BCUT2D eigenvalue weighted by molar-refractivity contribution is 9.10. The zero-order valence-corrected chi connectivity index (χ0v) is 18.2. The number of nitro groups is 1. The van der Waals surface area contributed by atoms with Gasteiger partial charge in [-0.15, -0.1) is 0 Å². The summed E-state index contributed by atoms with van der Waals surface area (Å²) >= 11 is 3.35. The lowest BCUT2D eigenvalue weighted by molar-refractivity contribution is -0.384. The molecule has 1 aliphatic heterocycles. The average molecular weight is 464 g/mol. The minimum Gasteiger partial charge on any atom is -0.495 e. The molecule has 2 aromatic rings. The normalized spacial score (nSPS) is 13.1. The Labute approximate surface area is 177 Å². The summed E-state index contributed by atoms with van der Waals surface area (Å²) in [7, 11) is 1.45. The number of benzene rings is 2. The lowest BCUT2D eigenvalue weighted by Crippen LogP contribution is -2.35. The average Bonchev–Trinajstić information content (AvgIpc) is 3.03. The zero-order valence-electron chi connectivity index (χ0n) is 16.6. The fraction of sp³-hybridized carbons (Fsp3) is 0.350. The molecule has 0 bridgehead atoms. The number of hydrogen-bond acceptors (Lipinski definition) is 6. The summed E-state index contributed by atoms with van der Waals surface area (Å²) in [4.78, 5) is 25.1. The van der Waals surface area contributed by atoms with Gasteiger partial charge in [-0.3, -0.25) is 15.0 Å². The van der Waals surface area contributed by atoms with Crippen molar-refractivity contribution in [2.75, 3.05) is 23.9 Å². The van der Waals surface area contributed by atoms with Crippen LogP contribution in [-0.4, -0.2) is 30.3 Å². The first kappa shape index (κ1) is 20.9. The second-order valence-electron chi connectivity index (χ2n) is 7.61. The molecule has 0 aliphatic carbocycles. The third-order valence-electron chi connectivity index (χ3n) is 4.34. The number of methoxy groups -OCH3 is 1. The molecular formula is C20H22BrN3O5. The molecule has 0 spiro atoms. The summed E-state index contributed by atoms with van der Waals surface area (Å²) < 4.78 is 11.2. The van der Waals surface area contributed by atoms with Crippen LogP contribution in [0.2, 0.25) is 0 Å². The number of rotatable bonds is 4. The molecular weight excluding hydrogens is 442 g/mol. The van der Waals surface area contributed by atoms with Gasteiger partial charge >= 0.3 is 6.09 Å². The molecule has 0 radical (unpaired) electrons. The lowest BCUT2D eigenvalue weighted by Gasteiger charge is -2.25. The van der Waals surface area contributed by atoms with Crippen molar-refractivity contribution < 1.29 is 19.2 Å². The van der Waals surface area contributed by atoms with Gasteiger partial charge in [0.25, 0.3) is 5.69 Å². The quantitative estimate of drug-likeness (QED) is 0.481. The highest BCUT2D eigenvalue weighted by Gasteiger charge is 2.29. The summed E-state index contributed by atoms with van der Waals surface area (Å²) in [6, 6.07) is 8.49. The number of halogens is 1. The second kappa shape index (κ2) is 7.90. The first-order chi connectivity index (χ1) is 13.6. The molecule has 0 fully saturated rings. The van der Waals surface area contributed by atoms with Gasteiger partial charge in [-0.2, -0.15) is 0 Å². The van der Waals surface area contributed by atoms with Crippen LogP contribution in [0.15, 0.2) is 34.8 Å². The second-order valence-corrected chi connectivity index (χ2v) is 8.47. The van der Waals surface area contributed by atoms with E-state index in [1.807, 2.05) is 32.9 Å². The standard InChI is InChI=1S/C20H22BrN3O5/c1-20(2,3)29-19(25)23-8-7-12-5-6-13(9-16(12)23)22-15-10-14(21)18(28-4)11-17(15)24(26)27/h5-6,9-11,22H,7-8H2,1-4H3. The van der Waals surface area contributed by atoms with E-state index in [0.717, 1.165) is 17.7 Å². The molecule has 9 heteroatoms. The maximum atomic E-state index is 12.5. The van der Waals surface area contributed by atoms with Crippen molar-refractivity contribution in [1.82, 2.24) is 0 Å². The van der Waals surface area contributed by atoms with E-state index >= 15 is 0 Å². The topological polar surface area (TPSA) is 93.9 Å². The van der Waals surface area contributed by atoms with Gasteiger partial charge in [0, 0.05) is 12.2 Å². The Morgan fingerprint density at radius 3 is 2.62 bits per heavy atom. The molecule has 1 heterocycles. The fourth-order valence-corrected chi connectivity index (χ4v) is 3.57. The number of carbonyl (C=O) groups is 1. The van der Waals surface area contributed by atoms with Crippen molar-refractivity contribution in [3.05, 3.63) is 50.5 Å². The molecule has 0 atom stereocenters. The Morgan fingerprint density at radius 1 is 1.28 bits per heavy atom. The molecule has 3 rings (SSSR count). The minimum atomic E-state index is -0.592. The van der Waals surface area contributed by atoms with Crippen molar-refractivity contribution in [2.45, 2.75) is 32.8 Å². The van der Waals surface area contributed by atoms with Gasteiger partial charge in [-0.1, -0.05) is 6.07 Å². The van der Waals surface area contributed by atoms with E-state index in [9.17, 15) is 14.9 Å². The number of anilines is 3. The van der Waals surface area contributed by atoms with E-state index in [4.69, 9.17) is 9.47 Å². The molecule has 154 valence electrons. The summed E-state index contributed by atoms with van der Waals surface area (Å²) in [5.41, 5.74) is 1.98. The van der Waals surface area contributed by atoms with Crippen molar-refractivity contribution in [3.8, 4) is 5.75 Å². The van der Waals surface area contributed by atoms with Gasteiger partial charge in [0.05, 0.1) is 28.3 Å². The number of nitrogens with one attached hydrogen (secondary N) is 1. The SMILES string of the molecule is COc1cc([N+](=O)[O-])c(Nc2ccc3c(c2)N(C(=O)OC(C)(C)C)CC3)cc1Br. The monoisotopic (exact) mass is 463 g/mol. The van der Waals surface area contributed by atoms with Crippen LogP contribution < -0.4 is 15.0 Å². The van der Waals surface area contributed by atoms with Crippen molar-refractivity contribution in [2.24, 2.45) is 0 Å². The number of fused-ring (bicyclic) bond motifs is 1. The van der Waals surface area contributed by atoms with Gasteiger partial charge in [0.15, 0.2) is 0 Å². The van der Waals surface area contributed by atoms with E-state index in [0.29, 0.717) is 28.1 Å². The van der Waals surface area contributed by atoms with Crippen LogP contribution >= 0.6 is 15.9 Å². The van der Waals surface area contributed by atoms with Gasteiger partial charge in [-0.05, 0) is 66.9 Å². The molecule has 29 heavy (non-hydrogen) atoms. The Bertz CT molecular complexity index is 971. The number of ether oxygens (including phenoxy) is 2. The minimum absolute atomic E-state index is 0.116. The van der Waals surface area contributed by atoms with E-state index < -0.39 is 16.6 Å². The van der Waals surface area contributed by atoms with Crippen LogP contribution in [0.25, 0.3) is 0 Å². The van der Waals surface area contributed by atoms with E-state index in [2.05, 4.69) is 21.2 Å². The van der Waals surface area contributed by atoms with Crippen molar-refractivity contribution >= 4 is 44.8 Å². The zero-order chi connectivity index (χ0) is 21.3. The van der Waals surface area contributed by atoms with E-state index in [1.165, 1.54) is 13.2 Å². The molecule has 0 unspecified atom stereocenters. The lowest BCUT2D eigenvalue weighted by atomic mass is 10.1. The molecule has 8 nitrogen and oxygen atoms in total. The number of carbonyl (C=O) groups excluding carboxylic acids is 1. The molecule has 2 aromatic carbocycles. The molecule has 0 saturated carbocycles. The predicted octanol–water partition coefficient (Wildman–Crippen LogP) is 5.41. The maximum absolute atomic E-state index is 12.5. The van der Waals surface area contributed by atoms with Crippen LogP contribution in [-0.2, 0) is 11.2 Å². The van der Waals surface area contributed by atoms with Crippen LogP contribution in [0.1, 0.15) is 26.3 Å². The van der Waals surface area contributed by atoms with Crippen LogP contribution in [0, 0.1) is 10.1 Å². The predicted molar refractivity (Wildman–Crippen MR) is 114 cm³/mol. The molecule has 1 amide bonds. The Kier molecular flexibility index (Phi) is 5.70. The first-order valence-corrected chi connectivity index (χ1v) is 9.81. The first-order valence-electron chi connectivity index (χ1n) is 9.01. The smallest absolute Gasteiger partial charge is 0.414 e. The highest BCUT2D eigenvalue weighted by Crippen LogP contribution is 2.39. The Balaban J connectivity index is 1.92. The van der Waals surface area contributed by atoms with Gasteiger partial charge < -0.3 is 14.8 Å². The Morgan fingerprint density at radius 2 is 2.00 bits per heavy atom. The molecule has 0 aromatic heterocycles. The third kappa shape index (κ3) is 4.61. The van der Waals surface area contributed by atoms with Crippen molar-refractivity contribution in [1.29, 1.82) is 0 Å². The van der Waals surface area contributed by atoms with E-state index in [-0.39, 0.29) is 5.69 Å². The highest BCUT2D eigenvalue weighted by atomic mass is 79.9.